The van der Waals surface area contributed by atoms with Crippen molar-refractivity contribution in [3.8, 4) is 0 Å². The first-order chi connectivity index (χ1) is 6.73. The Labute approximate surface area is 92.3 Å². The van der Waals surface area contributed by atoms with Crippen molar-refractivity contribution in [2.75, 3.05) is 6.61 Å². The number of nitrogens with zero attached hydrogens (tertiary/aromatic N) is 1. The average molecular weight is 213 g/mol. The molecule has 0 saturated carbocycles. The number of nitrogens with one attached hydrogen (secondary N) is 1. The predicted octanol–water partition coefficient (Wildman–Crippen LogP) is 1.26. The van der Waals surface area contributed by atoms with Crippen molar-refractivity contribution in [3.63, 3.8) is 0 Å². The summed E-state index contributed by atoms with van der Waals surface area (Å²) in [7, 11) is 0. The molecule has 0 bridgehead atoms. The molecule has 3 N–H and O–H groups in total. The Morgan fingerprint density at radius 3 is 2.53 bits per heavy atom. The molecule has 1 fully saturated rings. The standard InChI is InChI=1S/C11H23N3O/c1-8-11(5,6-7-15-8)14-9(12)13-10(2,3)4/h8H,6-7H2,1-5H3,(H3,12,13,14). The van der Waals surface area contributed by atoms with Crippen molar-refractivity contribution in [1.29, 1.82) is 0 Å². The minimum Gasteiger partial charge on any atom is -0.376 e. The maximum atomic E-state index is 5.87. The van der Waals surface area contributed by atoms with Crippen LogP contribution in [0.5, 0.6) is 0 Å². The highest BCUT2D eigenvalue weighted by molar-refractivity contribution is 5.79. The van der Waals surface area contributed by atoms with Crippen molar-refractivity contribution in [2.45, 2.75) is 58.2 Å². The molecule has 0 aromatic rings. The lowest BCUT2D eigenvalue weighted by atomic mass is 9.96. The second-order valence-electron chi connectivity index (χ2n) is 5.49. The highest BCUT2D eigenvalue weighted by atomic mass is 16.5. The number of ether oxygens (including phenoxy) is 1. The van der Waals surface area contributed by atoms with Crippen LogP contribution >= 0.6 is 0 Å². The normalized spacial score (nSPS) is 33.1. The van der Waals surface area contributed by atoms with Gasteiger partial charge in [-0.25, -0.2) is 4.99 Å². The van der Waals surface area contributed by atoms with Crippen molar-refractivity contribution in [1.82, 2.24) is 5.32 Å². The summed E-state index contributed by atoms with van der Waals surface area (Å²) in [5.74, 6) is 0.502. The number of nitrogens with two attached hydrogens (primary N) is 1. The Balaban J connectivity index is 2.69. The third-order valence-electron chi connectivity index (χ3n) is 2.73. The van der Waals surface area contributed by atoms with E-state index in [-0.39, 0.29) is 17.2 Å². The highest BCUT2D eigenvalue weighted by Gasteiger charge is 2.37. The monoisotopic (exact) mass is 213 g/mol. The molecule has 1 aliphatic rings. The zero-order valence-corrected chi connectivity index (χ0v) is 10.4. The van der Waals surface area contributed by atoms with Crippen LogP contribution in [0.2, 0.25) is 0 Å². The lowest BCUT2D eigenvalue weighted by molar-refractivity contribution is 0.101. The first kappa shape index (κ1) is 12.3. The summed E-state index contributed by atoms with van der Waals surface area (Å²) in [6.07, 6.45) is 1.07. The van der Waals surface area contributed by atoms with Gasteiger partial charge in [0.05, 0.1) is 11.6 Å². The van der Waals surface area contributed by atoms with E-state index in [0.29, 0.717) is 5.96 Å². The average Bonchev–Trinajstić information content (AvgIpc) is 2.27. The van der Waals surface area contributed by atoms with Gasteiger partial charge in [0.25, 0.3) is 0 Å². The van der Waals surface area contributed by atoms with Crippen LogP contribution in [-0.2, 0) is 4.74 Å². The van der Waals surface area contributed by atoms with Crippen LogP contribution in [0.3, 0.4) is 0 Å². The molecular weight excluding hydrogens is 190 g/mol. The maximum Gasteiger partial charge on any atom is 0.189 e. The fourth-order valence-electron chi connectivity index (χ4n) is 1.66. The summed E-state index contributed by atoms with van der Waals surface area (Å²) in [4.78, 5) is 4.53. The molecule has 15 heavy (non-hydrogen) atoms. The van der Waals surface area contributed by atoms with Crippen LogP contribution in [0.4, 0.5) is 0 Å². The summed E-state index contributed by atoms with van der Waals surface area (Å²) in [5.41, 5.74) is 5.64. The number of guanidine groups is 1. The molecule has 1 saturated heterocycles. The van der Waals surface area contributed by atoms with Gasteiger partial charge >= 0.3 is 0 Å². The molecule has 4 heteroatoms. The largest absolute Gasteiger partial charge is 0.376 e. The van der Waals surface area contributed by atoms with Gasteiger partial charge in [-0.1, -0.05) is 0 Å². The van der Waals surface area contributed by atoms with Crippen molar-refractivity contribution < 1.29 is 4.74 Å². The lowest BCUT2D eigenvalue weighted by Gasteiger charge is -2.26. The van der Waals surface area contributed by atoms with E-state index < -0.39 is 0 Å². The number of hydrogen-bond acceptors (Lipinski definition) is 2. The van der Waals surface area contributed by atoms with Gasteiger partial charge in [0, 0.05) is 12.1 Å². The Bertz CT molecular complexity index is 257. The van der Waals surface area contributed by atoms with Crippen molar-refractivity contribution in [2.24, 2.45) is 10.7 Å². The minimum absolute atomic E-state index is 0.0490. The lowest BCUT2D eigenvalue weighted by Crippen LogP contribution is -2.47. The van der Waals surface area contributed by atoms with Crippen molar-refractivity contribution in [3.05, 3.63) is 0 Å². The van der Waals surface area contributed by atoms with Crippen molar-refractivity contribution >= 4 is 5.96 Å². The molecule has 0 radical (unpaired) electrons. The van der Waals surface area contributed by atoms with E-state index in [1.54, 1.807) is 0 Å². The quantitative estimate of drug-likeness (QED) is 0.509. The van der Waals surface area contributed by atoms with Crippen LogP contribution in [0.25, 0.3) is 0 Å². The third kappa shape index (κ3) is 3.38. The van der Waals surface area contributed by atoms with E-state index in [1.807, 2.05) is 6.92 Å². The van der Waals surface area contributed by atoms with Gasteiger partial charge < -0.3 is 15.8 Å². The van der Waals surface area contributed by atoms with Gasteiger partial charge in [-0.15, -0.1) is 0 Å². The number of hydrogen-bond donors (Lipinski definition) is 2. The molecule has 2 atom stereocenters. The molecule has 1 aliphatic heterocycles. The van der Waals surface area contributed by atoms with Gasteiger partial charge in [-0.3, -0.25) is 0 Å². The molecule has 0 aromatic carbocycles. The van der Waals surface area contributed by atoms with Gasteiger partial charge in [0.1, 0.15) is 0 Å². The smallest absolute Gasteiger partial charge is 0.189 e. The van der Waals surface area contributed by atoms with E-state index in [2.05, 4.69) is 38.0 Å². The molecule has 1 rings (SSSR count). The number of rotatable bonds is 1. The van der Waals surface area contributed by atoms with E-state index >= 15 is 0 Å². The summed E-state index contributed by atoms with van der Waals surface area (Å²) in [5, 5.41) is 3.16. The minimum atomic E-state index is -0.178. The van der Waals surface area contributed by atoms with E-state index in [0.717, 1.165) is 13.0 Å². The zero-order chi connectivity index (χ0) is 11.7. The SMILES string of the molecule is CC1OCCC1(C)N=C(N)NC(C)(C)C. The Morgan fingerprint density at radius 2 is 2.13 bits per heavy atom. The molecular formula is C11H23N3O. The second-order valence-corrected chi connectivity index (χ2v) is 5.49. The van der Waals surface area contributed by atoms with E-state index in [1.165, 1.54) is 0 Å². The summed E-state index contributed by atoms with van der Waals surface area (Å²) in [6.45, 7) is 11.1. The highest BCUT2D eigenvalue weighted by Crippen LogP contribution is 2.29. The Morgan fingerprint density at radius 1 is 1.53 bits per heavy atom. The molecule has 88 valence electrons. The van der Waals surface area contributed by atoms with Gasteiger partial charge in [-0.2, -0.15) is 0 Å². The van der Waals surface area contributed by atoms with Crippen LogP contribution in [-0.4, -0.2) is 29.7 Å². The molecule has 0 amide bonds. The Hall–Kier alpha value is -0.770. The van der Waals surface area contributed by atoms with Gasteiger partial charge in [0.15, 0.2) is 5.96 Å². The van der Waals surface area contributed by atoms with Crippen LogP contribution < -0.4 is 11.1 Å². The number of aliphatic imine (C=N–C) groups is 1. The topological polar surface area (TPSA) is 59.6 Å². The first-order valence-corrected chi connectivity index (χ1v) is 5.48. The Kier molecular flexibility index (Phi) is 3.28. The second kappa shape index (κ2) is 4.00. The maximum absolute atomic E-state index is 5.87. The van der Waals surface area contributed by atoms with Gasteiger partial charge in [-0.05, 0) is 41.0 Å². The van der Waals surface area contributed by atoms with Crippen LogP contribution in [0.15, 0.2) is 4.99 Å². The fraction of sp³-hybridized carbons (Fsp3) is 0.909. The predicted molar refractivity (Wildman–Crippen MR) is 62.9 cm³/mol. The first-order valence-electron chi connectivity index (χ1n) is 5.48. The molecule has 2 unspecified atom stereocenters. The van der Waals surface area contributed by atoms with E-state index in [4.69, 9.17) is 10.5 Å². The summed E-state index contributed by atoms with van der Waals surface area (Å²) >= 11 is 0. The van der Waals surface area contributed by atoms with E-state index in [9.17, 15) is 0 Å². The molecule has 0 aromatic heterocycles. The zero-order valence-electron chi connectivity index (χ0n) is 10.4. The summed E-state index contributed by atoms with van der Waals surface area (Å²) < 4.78 is 5.51. The molecule has 0 aliphatic carbocycles. The van der Waals surface area contributed by atoms with Gasteiger partial charge in [0.2, 0.25) is 0 Å². The fourth-order valence-corrected chi connectivity index (χ4v) is 1.66. The molecule has 1 heterocycles. The van der Waals surface area contributed by atoms with Crippen LogP contribution in [0.1, 0.15) is 41.0 Å². The third-order valence-corrected chi connectivity index (χ3v) is 2.73. The molecule has 0 spiro atoms. The molecule has 4 nitrogen and oxygen atoms in total. The summed E-state index contributed by atoms with van der Waals surface area (Å²) in [6, 6.07) is 0. The van der Waals surface area contributed by atoms with Crippen LogP contribution in [0, 0.1) is 0 Å².